The summed E-state index contributed by atoms with van der Waals surface area (Å²) < 4.78 is 32.4. The summed E-state index contributed by atoms with van der Waals surface area (Å²) in [6, 6.07) is 13.6. The van der Waals surface area contributed by atoms with Crippen molar-refractivity contribution >= 4 is 27.5 Å². The zero-order chi connectivity index (χ0) is 22.3. The summed E-state index contributed by atoms with van der Waals surface area (Å²) in [4.78, 5) is 12.7. The van der Waals surface area contributed by atoms with Gasteiger partial charge in [-0.25, -0.2) is 13.2 Å². The summed E-state index contributed by atoms with van der Waals surface area (Å²) in [5, 5.41) is 2.31. The number of aryl methyl sites for hydroxylation is 1. The fraction of sp³-hybridized carbons (Fsp3) is 0.409. The number of ether oxygens (including phenoxy) is 1. The highest BCUT2D eigenvalue weighted by atomic mass is 35.5. The van der Waals surface area contributed by atoms with Gasteiger partial charge in [-0.3, -0.25) is 0 Å². The second kappa shape index (κ2) is 7.87. The highest BCUT2D eigenvalue weighted by molar-refractivity contribution is 7.92. The maximum Gasteiger partial charge on any atom is 0.408 e. The minimum absolute atomic E-state index is 0.0703. The average Bonchev–Trinajstić information content (AvgIpc) is 3.30. The molecule has 0 spiro atoms. The summed E-state index contributed by atoms with van der Waals surface area (Å²) in [6.45, 7) is 7.03. The van der Waals surface area contributed by atoms with E-state index in [2.05, 4.69) is 5.32 Å². The topological polar surface area (TPSA) is 98.5 Å². The van der Waals surface area contributed by atoms with E-state index >= 15 is 0 Å². The van der Waals surface area contributed by atoms with Crippen molar-refractivity contribution in [1.82, 2.24) is 5.32 Å². The quantitative estimate of drug-likeness (QED) is 0.721. The molecule has 162 valence electrons. The number of rotatable bonds is 5. The first-order chi connectivity index (χ1) is 13.9. The molecule has 0 heterocycles. The van der Waals surface area contributed by atoms with Gasteiger partial charge in [0.15, 0.2) is 9.84 Å². The molecular weight excluding hydrogens is 424 g/mol. The lowest BCUT2D eigenvalue weighted by Gasteiger charge is -2.24. The van der Waals surface area contributed by atoms with E-state index < -0.39 is 38.2 Å². The van der Waals surface area contributed by atoms with Gasteiger partial charge in [-0.1, -0.05) is 41.4 Å². The van der Waals surface area contributed by atoms with Crippen molar-refractivity contribution in [2.45, 2.75) is 54.9 Å². The molecule has 0 radical (unpaired) electrons. The Labute approximate surface area is 182 Å². The molecular formula is C22H27ClN2O4S. The van der Waals surface area contributed by atoms with E-state index in [1.807, 2.05) is 6.92 Å². The Balaban J connectivity index is 2.05. The van der Waals surface area contributed by atoms with E-state index in [9.17, 15) is 13.2 Å². The van der Waals surface area contributed by atoms with Gasteiger partial charge in [-0.15, -0.1) is 0 Å². The van der Waals surface area contributed by atoms with Crippen LogP contribution in [-0.2, 0) is 14.6 Å². The number of sulfone groups is 1. The molecule has 0 saturated heterocycles. The molecule has 0 bridgehead atoms. The maximum atomic E-state index is 13.5. The van der Waals surface area contributed by atoms with E-state index in [4.69, 9.17) is 22.1 Å². The van der Waals surface area contributed by atoms with Crippen molar-refractivity contribution in [3.8, 4) is 0 Å². The molecule has 1 amide bonds. The second-order valence-corrected chi connectivity index (χ2v) is 11.2. The van der Waals surface area contributed by atoms with E-state index in [0.717, 1.165) is 5.56 Å². The van der Waals surface area contributed by atoms with Gasteiger partial charge in [0.1, 0.15) is 10.9 Å². The Kier molecular flexibility index (Phi) is 5.93. The molecule has 30 heavy (non-hydrogen) atoms. The number of hydrogen-bond acceptors (Lipinski definition) is 5. The first-order valence-corrected chi connectivity index (χ1v) is 11.6. The highest BCUT2D eigenvalue weighted by Crippen LogP contribution is 2.57. The third-order valence-corrected chi connectivity index (χ3v) is 7.75. The molecule has 0 aliphatic heterocycles. The molecule has 0 aromatic heterocycles. The van der Waals surface area contributed by atoms with E-state index in [1.54, 1.807) is 69.3 Å². The fourth-order valence-electron chi connectivity index (χ4n) is 3.84. The van der Waals surface area contributed by atoms with Gasteiger partial charge < -0.3 is 15.8 Å². The van der Waals surface area contributed by atoms with Crippen LogP contribution < -0.4 is 11.1 Å². The van der Waals surface area contributed by atoms with Crippen LogP contribution >= 0.6 is 11.6 Å². The first kappa shape index (κ1) is 22.6. The van der Waals surface area contributed by atoms with Crippen molar-refractivity contribution < 1.29 is 17.9 Å². The number of nitrogens with two attached hydrogens (primary N) is 1. The monoisotopic (exact) mass is 450 g/mol. The Morgan fingerprint density at radius 2 is 1.83 bits per heavy atom. The van der Waals surface area contributed by atoms with Crippen LogP contribution in [0.3, 0.4) is 0 Å². The van der Waals surface area contributed by atoms with E-state index in [0.29, 0.717) is 10.6 Å². The number of halogens is 1. The number of alkyl carbamates (subject to hydrolysis) is 1. The summed E-state index contributed by atoms with van der Waals surface area (Å²) in [5.41, 5.74) is 5.79. The number of hydrogen-bond donors (Lipinski definition) is 2. The number of amides is 1. The molecule has 0 unspecified atom stereocenters. The molecule has 3 N–H and O–H groups in total. The van der Waals surface area contributed by atoms with Crippen LogP contribution in [0.5, 0.6) is 0 Å². The molecule has 2 aromatic rings. The van der Waals surface area contributed by atoms with Gasteiger partial charge in [-0.05, 0) is 57.5 Å². The van der Waals surface area contributed by atoms with Crippen LogP contribution in [0, 0.1) is 6.92 Å². The lowest BCUT2D eigenvalue weighted by Crippen LogP contribution is -2.49. The smallest absolute Gasteiger partial charge is 0.408 e. The minimum Gasteiger partial charge on any atom is -0.444 e. The largest absolute Gasteiger partial charge is 0.444 e. The summed E-state index contributed by atoms with van der Waals surface area (Å²) in [6.07, 6.45) is -0.707. The van der Waals surface area contributed by atoms with Crippen molar-refractivity contribution in [1.29, 1.82) is 0 Å². The van der Waals surface area contributed by atoms with Crippen LogP contribution in [0.1, 0.15) is 37.8 Å². The van der Waals surface area contributed by atoms with Gasteiger partial charge in [0.05, 0.1) is 10.4 Å². The summed E-state index contributed by atoms with van der Waals surface area (Å²) in [7, 11) is -3.80. The summed E-state index contributed by atoms with van der Waals surface area (Å²) >= 11 is 6.15. The van der Waals surface area contributed by atoms with Crippen LogP contribution in [0.4, 0.5) is 4.79 Å². The molecule has 1 fully saturated rings. The molecule has 6 nitrogen and oxygen atoms in total. The van der Waals surface area contributed by atoms with Crippen molar-refractivity contribution in [3.05, 3.63) is 64.7 Å². The standard InChI is InChI=1S/C22H27ClN2O4S/c1-14-8-10-17(11-9-14)30(27,28)19-18(15-6-5-7-16(23)12-15)22(19,13-24)25-20(26)29-21(2,3)4/h5-12,18-19H,13,24H2,1-4H3,(H,25,26)/t18-,19-,22-/m1/s1. The fourth-order valence-corrected chi connectivity index (χ4v) is 6.39. The number of nitrogens with one attached hydrogen (secondary N) is 1. The minimum atomic E-state index is -3.80. The Hall–Kier alpha value is -2.09. The third-order valence-electron chi connectivity index (χ3n) is 5.22. The van der Waals surface area contributed by atoms with E-state index in [1.165, 1.54) is 0 Å². The van der Waals surface area contributed by atoms with Crippen LogP contribution in [0.15, 0.2) is 53.4 Å². The predicted molar refractivity (Wildman–Crippen MR) is 118 cm³/mol. The van der Waals surface area contributed by atoms with Crippen LogP contribution in [0.2, 0.25) is 5.02 Å². The lowest BCUT2D eigenvalue weighted by molar-refractivity contribution is 0.0497. The van der Waals surface area contributed by atoms with Gasteiger partial charge in [-0.2, -0.15) is 0 Å². The summed E-state index contributed by atoms with van der Waals surface area (Å²) in [5.74, 6) is -0.556. The van der Waals surface area contributed by atoms with Crippen LogP contribution in [0.25, 0.3) is 0 Å². The SMILES string of the molecule is Cc1ccc(S(=O)(=O)[C@@H]2[C@@H](c3cccc(Cl)c3)[C@@]2(CN)NC(=O)OC(C)(C)C)cc1. The normalized spacial score (nSPS) is 23.7. The maximum absolute atomic E-state index is 13.5. The molecule has 3 atom stereocenters. The Morgan fingerprint density at radius 3 is 2.37 bits per heavy atom. The molecule has 3 rings (SSSR count). The van der Waals surface area contributed by atoms with E-state index in [-0.39, 0.29) is 11.4 Å². The average molecular weight is 451 g/mol. The Morgan fingerprint density at radius 1 is 1.20 bits per heavy atom. The van der Waals surface area contributed by atoms with Gasteiger partial charge in [0.2, 0.25) is 0 Å². The van der Waals surface area contributed by atoms with Gasteiger partial charge in [0, 0.05) is 17.5 Å². The zero-order valence-electron chi connectivity index (χ0n) is 17.5. The molecule has 2 aromatic carbocycles. The van der Waals surface area contributed by atoms with Crippen molar-refractivity contribution in [3.63, 3.8) is 0 Å². The highest BCUT2D eigenvalue weighted by Gasteiger charge is 2.71. The molecule has 1 saturated carbocycles. The number of benzene rings is 2. The third kappa shape index (κ3) is 4.33. The molecule has 1 aliphatic rings. The second-order valence-electron chi connectivity index (χ2n) is 8.68. The molecule has 1 aliphatic carbocycles. The molecule has 8 heteroatoms. The van der Waals surface area contributed by atoms with Gasteiger partial charge in [0.25, 0.3) is 0 Å². The predicted octanol–water partition coefficient (Wildman–Crippen LogP) is 3.81. The first-order valence-electron chi connectivity index (χ1n) is 9.68. The van der Waals surface area contributed by atoms with Gasteiger partial charge >= 0.3 is 6.09 Å². The zero-order valence-corrected chi connectivity index (χ0v) is 19.0. The number of carbonyl (C=O) groups is 1. The van der Waals surface area contributed by atoms with Crippen molar-refractivity contribution in [2.75, 3.05) is 6.54 Å². The van der Waals surface area contributed by atoms with Crippen LogP contribution in [-0.4, -0.2) is 37.4 Å². The lowest BCUT2D eigenvalue weighted by atomic mass is 10.1. The Bertz CT molecular complexity index is 1050. The number of carbonyl (C=O) groups excluding carboxylic acids is 1. The van der Waals surface area contributed by atoms with Crippen molar-refractivity contribution in [2.24, 2.45) is 5.73 Å².